The van der Waals surface area contributed by atoms with E-state index in [1.807, 2.05) is 17.5 Å². The van der Waals surface area contributed by atoms with E-state index in [9.17, 15) is 8.42 Å². The van der Waals surface area contributed by atoms with Gasteiger partial charge >= 0.3 is 0 Å². The van der Waals surface area contributed by atoms with Crippen LogP contribution < -0.4 is 0 Å². The van der Waals surface area contributed by atoms with E-state index in [0.717, 1.165) is 17.7 Å². The molecule has 0 aliphatic carbocycles. The van der Waals surface area contributed by atoms with Crippen LogP contribution in [0.4, 0.5) is 0 Å². The lowest BCUT2D eigenvalue weighted by molar-refractivity contribution is 0.285. The zero-order valence-corrected chi connectivity index (χ0v) is 16.0. The lowest BCUT2D eigenvalue weighted by Crippen LogP contribution is -2.39. The third-order valence-corrected chi connectivity index (χ3v) is 7.44. The topological polar surface area (TPSA) is 102 Å². The molecular weight excluding hydrogens is 376 g/mol. The molecule has 0 aromatic carbocycles. The van der Waals surface area contributed by atoms with Crippen molar-refractivity contribution in [2.75, 3.05) is 13.1 Å². The molecule has 26 heavy (non-hydrogen) atoms. The van der Waals surface area contributed by atoms with Crippen molar-refractivity contribution in [2.24, 2.45) is 0 Å². The van der Waals surface area contributed by atoms with Crippen LogP contribution in [-0.4, -0.2) is 41.2 Å². The third-order valence-electron chi connectivity index (χ3n) is 4.47. The summed E-state index contributed by atoms with van der Waals surface area (Å²) < 4.78 is 38.3. The van der Waals surface area contributed by atoms with Gasteiger partial charge in [-0.3, -0.25) is 0 Å². The van der Waals surface area contributed by atoms with E-state index in [4.69, 9.17) is 8.94 Å². The Morgan fingerprint density at radius 3 is 2.85 bits per heavy atom. The van der Waals surface area contributed by atoms with Crippen LogP contribution >= 0.6 is 11.3 Å². The van der Waals surface area contributed by atoms with Gasteiger partial charge in [-0.15, -0.1) is 21.5 Å². The Labute approximate surface area is 154 Å². The molecule has 0 radical (unpaired) electrons. The van der Waals surface area contributed by atoms with Crippen molar-refractivity contribution >= 4 is 21.4 Å². The predicted octanol–water partition coefficient (Wildman–Crippen LogP) is 2.97. The van der Waals surface area contributed by atoms with Crippen molar-refractivity contribution in [3.05, 3.63) is 34.9 Å². The van der Waals surface area contributed by atoms with E-state index in [1.165, 1.54) is 15.6 Å². The van der Waals surface area contributed by atoms with Gasteiger partial charge in [0, 0.05) is 13.1 Å². The molecule has 8 nitrogen and oxygen atoms in total. The van der Waals surface area contributed by atoms with Gasteiger partial charge in [0.1, 0.15) is 10.6 Å². The molecule has 0 unspecified atom stereocenters. The molecule has 4 rings (SSSR count). The summed E-state index contributed by atoms with van der Waals surface area (Å²) in [4.78, 5) is 1.06. The van der Waals surface area contributed by atoms with Crippen LogP contribution in [0.1, 0.15) is 36.1 Å². The molecule has 0 amide bonds. The summed E-state index contributed by atoms with van der Waals surface area (Å²) in [6, 6.07) is 3.83. The average Bonchev–Trinajstić information content (AvgIpc) is 3.35. The minimum absolute atomic E-state index is 0.125. The number of thiophene rings is 1. The van der Waals surface area contributed by atoms with Crippen LogP contribution in [0, 0.1) is 13.8 Å². The highest BCUT2D eigenvalue weighted by atomic mass is 32.2. The third kappa shape index (κ3) is 2.97. The number of hydrogen-bond acceptors (Lipinski definition) is 8. The minimum Gasteiger partial charge on any atom is -0.420 e. The average molecular weight is 394 g/mol. The standard InChI is InChI=1S/C16H18N4O4S2/c1-10-14(11(2)24-19-10)26(21,22)20-7-3-5-12(9-20)15-17-18-16(23-15)13-6-4-8-25-13/h4,6,8,12H,3,5,7,9H2,1-2H3/t12-/m0/s1. The van der Waals surface area contributed by atoms with Crippen molar-refractivity contribution in [1.29, 1.82) is 0 Å². The first kappa shape index (κ1) is 17.4. The maximum atomic E-state index is 13.0. The monoisotopic (exact) mass is 394 g/mol. The number of sulfonamides is 1. The molecule has 0 N–H and O–H groups in total. The number of rotatable bonds is 4. The van der Waals surface area contributed by atoms with E-state index in [-0.39, 0.29) is 10.8 Å². The van der Waals surface area contributed by atoms with Crippen LogP contribution in [0.25, 0.3) is 10.8 Å². The quantitative estimate of drug-likeness (QED) is 0.670. The molecule has 0 spiro atoms. The molecule has 4 heterocycles. The Morgan fingerprint density at radius 1 is 1.31 bits per heavy atom. The van der Waals surface area contributed by atoms with E-state index in [2.05, 4.69) is 15.4 Å². The van der Waals surface area contributed by atoms with Crippen LogP contribution in [0.15, 0.2) is 31.3 Å². The van der Waals surface area contributed by atoms with Gasteiger partial charge in [0.05, 0.1) is 10.8 Å². The van der Waals surface area contributed by atoms with Gasteiger partial charge in [-0.1, -0.05) is 11.2 Å². The highest BCUT2D eigenvalue weighted by Crippen LogP contribution is 2.33. The SMILES string of the molecule is Cc1noc(C)c1S(=O)(=O)N1CCC[C@H](c2nnc(-c3cccs3)o2)C1. The normalized spacial score (nSPS) is 19.1. The highest BCUT2D eigenvalue weighted by molar-refractivity contribution is 7.89. The van der Waals surface area contributed by atoms with E-state index >= 15 is 0 Å². The number of hydrogen-bond donors (Lipinski definition) is 0. The molecule has 0 saturated carbocycles. The summed E-state index contributed by atoms with van der Waals surface area (Å²) >= 11 is 1.52. The summed E-state index contributed by atoms with van der Waals surface area (Å²) in [5, 5.41) is 14.0. The number of nitrogens with zero attached hydrogens (tertiary/aromatic N) is 4. The Balaban J connectivity index is 1.58. The first-order valence-electron chi connectivity index (χ1n) is 8.27. The predicted molar refractivity (Wildman–Crippen MR) is 94.3 cm³/mol. The minimum atomic E-state index is -3.67. The van der Waals surface area contributed by atoms with Crippen molar-refractivity contribution < 1.29 is 17.4 Å². The van der Waals surface area contributed by atoms with E-state index < -0.39 is 10.0 Å². The van der Waals surface area contributed by atoms with Gasteiger partial charge in [0.2, 0.25) is 15.9 Å². The van der Waals surface area contributed by atoms with Crippen LogP contribution in [0.3, 0.4) is 0 Å². The first-order chi connectivity index (χ1) is 12.5. The first-order valence-corrected chi connectivity index (χ1v) is 10.6. The fourth-order valence-electron chi connectivity index (χ4n) is 3.23. The fraction of sp³-hybridized carbons (Fsp3) is 0.438. The molecule has 0 bridgehead atoms. The molecule has 138 valence electrons. The second-order valence-electron chi connectivity index (χ2n) is 6.28. The van der Waals surface area contributed by atoms with Gasteiger partial charge in [-0.25, -0.2) is 8.42 Å². The lowest BCUT2D eigenvalue weighted by Gasteiger charge is -2.30. The molecule has 1 atom stereocenters. The van der Waals surface area contributed by atoms with Gasteiger partial charge in [-0.2, -0.15) is 4.31 Å². The van der Waals surface area contributed by atoms with Gasteiger partial charge in [-0.05, 0) is 38.1 Å². The molecule has 1 fully saturated rings. The molecular formula is C16H18N4O4S2. The largest absolute Gasteiger partial charge is 0.420 e. The summed E-state index contributed by atoms with van der Waals surface area (Å²) in [7, 11) is -3.67. The molecule has 10 heteroatoms. The fourth-order valence-corrected chi connectivity index (χ4v) is 5.69. The van der Waals surface area contributed by atoms with Gasteiger partial charge in [0.15, 0.2) is 5.76 Å². The second-order valence-corrected chi connectivity index (χ2v) is 9.10. The smallest absolute Gasteiger partial charge is 0.257 e. The summed E-state index contributed by atoms with van der Waals surface area (Å²) in [6.45, 7) is 4.00. The zero-order chi connectivity index (χ0) is 18.3. The molecule has 1 aliphatic heterocycles. The van der Waals surface area contributed by atoms with E-state index in [1.54, 1.807) is 13.8 Å². The molecule has 3 aromatic rings. The Morgan fingerprint density at radius 2 is 2.15 bits per heavy atom. The van der Waals surface area contributed by atoms with Crippen LogP contribution in [0.2, 0.25) is 0 Å². The summed E-state index contributed by atoms with van der Waals surface area (Å²) in [5.74, 6) is 1.13. The molecule has 3 aromatic heterocycles. The van der Waals surface area contributed by atoms with Gasteiger partial charge in [0.25, 0.3) is 5.89 Å². The number of piperidine rings is 1. The Hall–Kier alpha value is -2.04. The van der Waals surface area contributed by atoms with Crippen molar-refractivity contribution in [1.82, 2.24) is 19.7 Å². The maximum Gasteiger partial charge on any atom is 0.257 e. The lowest BCUT2D eigenvalue weighted by atomic mass is 10.00. The van der Waals surface area contributed by atoms with Crippen LogP contribution in [0.5, 0.6) is 0 Å². The second kappa shape index (κ2) is 6.60. The summed E-state index contributed by atoms with van der Waals surface area (Å²) in [5.41, 5.74) is 0.377. The van der Waals surface area contributed by atoms with Crippen molar-refractivity contribution in [3.63, 3.8) is 0 Å². The van der Waals surface area contributed by atoms with Crippen LogP contribution in [-0.2, 0) is 10.0 Å². The number of aryl methyl sites for hydroxylation is 2. The maximum absolute atomic E-state index is 13.0. The zero-order valence-electron chi connectivity index (χ0n) is 14.4. The van der Waals surface area contributed by atoms with Crippen molar-refractivity contribution in [2.45, 2.75) is 37.5 Å². The Kier molecular flexibility index (Phi) is 4.41. The molecule has 1 saturated heterocycles. The van der Waals surface area contributed by atoms with Gasteiger partial charge < -0.3 is 8.94 Å². The van der Waals surface area contributed by atoms with E-state index in [0.29, 0.717) is 36.3 Å². The molecule has 1 aliphatic rings. The summed E-state index contributed by atoms with van der Waals surface area (Å²) in [6.07, 6.45) is 1.53. The highest BCUT2D eigenvalue weighted by Gasteiger charge is 2.36. The number of aromatic nitrogens is 3. The van der Waals surface area contributed by atoms with Crippen molar-refractivity contribution in [3.8, 4) is 10.8 Å². The Bertz CT molecular complexity index is 988.